The van der Waals surface area contributed by atoms with Gasteiger partial charge in [-0.25, -0.2) is 4.99 Å². The summed E-state index contributed by atoms with van der Waals surface area (Å²) in [7, 11) is 3.58. The molecule has 0 aromatic carbocycles. The Bertz CT molecular complexity index is 442. The normalized spacial score (nSPS) is 23.6. The van der Waals surface area contributed by atoms with E-state index in [0.29, 0.717) is 11.5 Å². The Morgan fingerprint density at radius 1 is 1.22 bits per heavy atom. The standard InChI is InChI=1S/C17H30N4O.HI/c1-20(2)15(22)12-18-16(19-14-6-7-14)21-11-10-17(13-21)8-4-3-5-9-17;/h14H,3-13H2,1-2H3,(H,18,19);1H. The van der Waals surface area contributed by atoms with Crippen LogP contribution in [0.4, 0.5) is 0 Å². The molecule has 0 aromatic rings. The summed E-state index contributed by atoms with van der Waals surface area (Å²) in [6.45, 7) is 2.47. The number of amides is 1. The van der Waals surface area contributed by atoms with Gasteiger partial charge in [0.05, 0.1) is 0 Å². The average Bonchev–Trinajstić information content (AvgIpc) is 3.25. The van der Waals surface area contributed by atoms with Crippen molar-refractivity contribution in [1.29, 1.82) is 0 Å². The smallest absolute Gasteiger partial charge is 0.243 e. The second kappa shape index (κ2) is 8.03. The van der Waals surface area contributed by atoms with Crippen molar-refractivity contribution in [2.75, 3.05) is 33.7 Å². The number of aliphatic imine (C=N–C) groups is 1. The van der Waals surface area contributed by atoms with E-state index in [2.05, 4.69) is 15.2 Å². The molecule has 1 heterocycles. The van der Waals surface area contributed by atoms with Crippen LogP contribution in [0.15, 0.2) is 4.99 Å². The van der Waals surface area contributed by atoms with Crippen molar-refractivity contribution in [3.8, 4) is 0 Å². The van der Waals surface area contributed by atoms with E-state index in [-0.39, 0.29) is 36.4 Å². The molecule has 0 atom stereocenters. The predicted molar refractivity (Wildman–Crippen MR) is 104 cm³/mol. The zero-order valence-corrected chi connectivity index (χ0v) is 16.8. The van der Waals surface area contributed by atoms with Crippen LogP contribution in [0.5, 0.6) is 0 Å². The highest BCUT2D eigenvalue weighted by Gasteiger charge is 2.40. The van der Waals surface area contributed by atoms with Gasteiger partial charge in [0.1, 0.15) is 6.54 Å². The molecule has 5 nitrogen and oxygen atoms in total. The van der Waals surface area contributed by atoms with Crippen molar-refractivity contribution < 1.29 is 4.79 Å². The van der Waals surface area contributed by atoms with Gasteiger partial charge in [-0.1, -0.05) is 19.3 Å². The van der Waals surface area contributed by atoms with Crippen molar-refractivity contribution in [3.63, 3.8) is 0 Å². The fourth-order valence-electron chi connectivity index (χ4n) is 3.76. The number of nitrogens with zero attached hydrogens (tertiary/aromatic N) is 3. The zero-order valence-electron chi connectivity index (χ0n) is 14.5. The Labute approximate surface area is 157 Å². The number of hydrogen-bond donors (Lipinski definition) is 1. The summed E-state index contributed by atoms with van der Waals surface area (Å²) in [6.07, 6.45) is 10.7. The summed E-state index contributed by atoms with van der Waals surface area (Å²) in [5.41, 5.74) is 0.524. The van der Waals surface area contributed by atoms with Crippen molar-refractivity contribution in [1.82, 2.24) is 15.1 Å². The highest BCUT2D eigenvalue weighted by molar-refractivity contribution is 14.0. The minimum atomic E-state index is 0. The number of likely N-dealkylation sites (N-methyl/N-ethyl adjacent to an activating group) is 1. The van der Waals surface area contributed by atoms with E-state index in [4.69, 9.17) is 0 Å². The molecule has 6 heteroatoms. The van der Waals surface area contributed by atoms with Crippen LogP contribution >= 0.6 is 24.0 Å². The summed E-state index contributed by atoms with van der Waals surface area (Å²) in [6, 6.07) is 0.580. The van der Waals surface area contributed by atoms with E-state index in [1.54, 1.807) is 19.0 Å². The maximum Gasteiger partial charge on any atom is 0.243 e. The molecule has 2 saturated carbocycles. The number of carbonyl (C=O) groups excluding carboxylic acids is 1. The lowest BCUT2D eigenvalue weighted by molar-refractivity contribution is -0.127. The van der Waals surface area contributed by atoms with E-state index >= 15 is 0 Å². The average molecular weight is 434 g/mol. The van der Waals surface area contributed by atoms with Crippen LogP contribution in [0.25, 0.3) is 0 Å². The minimum absolute atomic E-state index is 0. The first kappa shape index (κ1) is 18.8. The number of halogens is 1. The number of carbonyl (C=O) groups is 1. The fourth-order valence-corrected chi connectivity index (χ4v) is 3.76. The fraction of sp³-hybridized carbons (Fsp3) is 0.882. The molecule has 2 aliphatic carbocycles. The largest absolute Gasteiger partial charge is 0.353 e. The molecule has 0 radical (unpaired) electrons. The summed E-state index contributed by atoms with van der Waals surface area (Å²) in [5.74, 6) is 1.04. The van der Waals surface area contributed by atoms with E-state index in [9.17, 15) is 4.79 Å². The molecule has 23 heavy (non-hydrogen) atoms. The lowest BCUT2D eigenvalue weighted by atomic mass is 9.73. The summed E-state index contributed by atoms with van der Waals surface area (Å²) < 4.78 is 0. The molecule has 3 aliphatic rings. The monoisotopic (exact) mass is 434 g/mol. The van der Waals surface area contributed by atoms with E-state index in [0.717, 1.165) is 19.0 Å². The molecule has 132 valence electrons. The maximum atomic E-state index is 11.8. The lowest BCUT2D eigenvalue weighted by Crippen LogP contribution is -2.43. The van der Waals surface area contributed by atoms with E-state index < -0.39 is 0 Å². The van der Waals surface area contributed by atoms with Gasteiger partial charge in [0.2, 0.25) is 5.91 Å². The van der Waals surface area contributed by atoms with Gasteiger partial charge in [-0.3, -0.25) is 4.79 Å². The third-order valence-electron chi connectivity index (χ3n) is 5.43. The van der Waals surface area contributed by atoms with Gasteiger partial charge < -0.3 is 15.1 Å². The Morgan fingerprint density at radius 2 is 1.91 bits per heavy atom. The van der Waals surface area contributed by atoms with E-state index in [1.807, 2.05) is 0 Å². The molecule has 3 rings (SSSR count). The Morgan fingerprint density at radius 3 is 2.52 bits per heavy atom. The lowest BCUT2D eigenvalue weighted by Gasteiger charge is -2.33. The Kier molecular flexibility index (Phi) is 6.57. The number of guanidine groups is 1. The molecule has 1 saturated heterocycles. The van der Waals surface area contributed by atoms with Gasteiger partial charge in [-0.05, 0) is 37.5 Å². The van der Waals surface area contributed by atoms with Gasteiger partial charge in [-0.15, -0.1) is 24.0 Å². The minimum Gasteiger partial charge on any atom is -0.353 e. The van der Waals surface area contributed by atoms with Gasteiger partial charge in [0, 0.05) is 33.2 Å². The molecular weight excluding hydrogens is 403 g/mol. The van der Waals surface area contributed by atoms with Gasteiger partial charge in [0.25, 0.3) is 0 Å². The SMILES string of the molecule is CN(C)C(=O)CN=C(NC1CC1)N1CCC2(CCCCC2)C1.I. The summed E-state index contributed by atoms with van der Waals surface area (Å²) in [5, 5.41) is 3.55. The van der Waals surface area contributed by atoms with Crippen molar-refractivity contribution in [2.24, 2.45) is 10.4 Å². The van der Waals surface area contributed by atoms with Crippen molar-refractivity contribution in [3.05, 3.63) is 0 Å². The molecule has 0 unspecified atom stereocenters. The summed E-state index contributed by atoms with van der Waals surface area (Å²) in [4.78, 5) is 20.5. The molecule has 1 amide bonds. The number of nitrogens with one attached hydrogen (secondary N) is 1. The Hall–Kier alpha value is -0.530. The topological polar surface area (TPSA) is 47.9 Å². The van der Waals surface area contributed by atoms with Gasteiger partial charge in [0.15, 0.2) is 5.96 Å². The number of rotatable bonds is 3. The molecule has 0 bridgehead atoms. The number of hydrogen-bond acceptors (Lipinski definition) is 2. The van der Waals surface area contributed by atoms with Crippen molar-refractivity contribution >= 4 is 35.8 Å². The maximum absolute atomic E-state index is 11.8. The first-order valence-corrected chi connectivity index (χ1v) is 8.84. The highest BCUT2D eigenvalue weighted by atomic mass is 127. The first-order valence-electron chi connectivity index (χ1n) is 8.84. The zero-order chi connectivity index (χ0) is 15.6. The second-order valence-electron chi connectivity index (χ2n) is 7.58. The van der Waals surface area contributed by atoms with Crippen LogP contribution in [-0.4, -0.2) is 61.4 Å². The van der Waals surface area contributed by atoms with Crippen LogP contribution in [0.2, 0.25) is 0 Å². The van der Waals surface area contributed by atoms with Crippen LogP contribution in [0.3, 0.4) is 0 Å². The molecule has 1 aliphatic heterocycles. The van der Waals surface area contributed by atoms with Gasteiger partial charge >= 0.3 is 0 Å². The van der Waals surface area contributed by atoms with E-state index in [1.165, 1.54) is 51.4 Å². The highest BCUT2D eigenvalue weighted by Crippen LogP contribution is 2.43. The molecule has 3 fully saturated rings. The third kappa shape index (κ3) is 4.97. The summed E-state index contributed by atoms with van der Waals surface area (Å²) >= 11 is 0. The van der Waals surface area contributed by atoms with Crippen LogP contribution in [0, 0.1) is 5.41 Å². The quantitative estimate of drug-likeness (QED) is 0.422. The predicted octanol–water partition coefficient (Wildman–Crippen LogP) is 2.46. The molecule has 1 spiro atoms. The molecule has 0 aromatic heterocycles. The molecular formula is C17H31IN4O. The van der Waals surface area contributed by atoms with Gasteiger partial charge in [-0.2, -0.15) is 0 Å². The van der Waals surface area contributed by atoms with Crippen LogP contribution in [0.1, 0.15) is 51.4 Å². The Balaban J connectivity index is 0.00000192. The third-order valence-corrected chi connectivity index (χ3v) is 5.43. The van der Waals surface area contributed by atoms with Crippen LogP contribution < -0.4 is 5.32 Å². The van der Waals surface area contributed by atoms with Crippen LogP contribution in [-0.2, 0) is 4.79 Å². The molecule has 1 N–H and O–H groups in total. The van der Waals surface area contributed by atoms with Crippen molar-refractivity contribution in [2.45, 2.75) is 57.4 Å². The second-order valence-corrected chi connectivity index (χ2v) is 7.58. The first-order chi connectivity index (χ1) is 10.6. The number of likely N-dealkylation sites (tertiary alicyclic amines) is 1.